The van der Waals surface area contributed by atoms with E-state index in [1.54, 1.807) is 0 Å². The molecule has 0 saturated heterocycles. The Morgan fingerprint density at radius 1 is 0.318 bits per heavy atom. The van der Waals surface area contributed by atoms with E-state index in [9.17, 15) is 43.2 Å². The van der Waals surface area contributed by atoms with E-state index in [4.69, 9.17) is 37.0 Å². The standard InChI is InChI=1S/C66H128O17P2/c1-7-9-11-13-15-17-25-32-38-44-50-65(70)82-61(54-76-63(68)48-42-36-30-16-14-12-10-8-2)56-80-84(72,73)78-52-60(67)53-79-85(74,75)81-57-62(55-77-64(69)49-43-37-31-27-22-24-29-35-41-47-59(5)6)83-66(71)51-45-39-33-26-21-19-18-20-23-28-34-40-46-58(3)4/h58-62,67H,7-57H2,1-6H3,(H,72,73)(H,74,75)/t60-,61+,62+/m0/s1. The molecular formula is C66H128O17P2. The number of ether oxygens (including phenoxy) is 4. The summed E-state index contributed by atoms with van der Waals surface area (Å²) >= 11 is 0. The molecule has 0 aliphatic heterocycles. The van der Waals surface area contributed by atoms with Crippen LogP contribution in [0.15, 0.2) is 0 Å². The zero-order valence-corrected chi connectivity index (χ0v) is 56.7. The number of aliphatic hydroxyl groups excluding tert-OH is 1. The van der Waals surface area contributed by atoms with E-state index in [2.05, 4.69) is 41.5 Å². The predicted molar refractivity (Wildman–Crippen MR) is 340 cm³/mol. The molecule has 0 aromatic rings. The average molecular weight is 1260 g/mol. The zero-order chi connectivity index (χ0) is 62.9. The summed E-state index contributed by atoms with van der Waals surface area (Å²) in [6.45, 7) is 9.47. The number of carbonyl (C=O) groups is 4. The highest BCUT2D eigenvalue weighted by molar-refractivity contribution is 7.47. The van der Waals surface area contributed by atoms with Crippen molar-refractivity contribution >= 4 is 39.5 Å². The summed E-state index contributed by atoms with van der Waals surface area (Å²) in [5.74, 6) is -0.612. The van der Waals surface area contributed by atoms with E-state index < -0.39 is 97.5 Å². The van der Waals surface area contributed by atoms with E-state index in [-0.39, 0.29) is 25.7 Å². The molecule has 0 fully saturated rings. The van der Waals surface area contributed by atoms with Gasteiger partial charge in [-0.1, -0.05) is 279 Å². The molecule has 0 aliphatic carbocycles. The van der Waals surface area contributed by atoms with Gasteiger partial charge in [0.25, 0.3) is 0 Å². The van der Waals surface area contributed by atoms with Gasteiger partial charge in [0.15, 0.2) is 12.2 Å². The van der Waals surface area contributed by atoms with Gasteiger partial charge >= 0.3 is 39.5 Å². The number of carbonyl (C=O) groups excluding carboxylic acids is 4. The van der Waals surface area contributed by atoms with E-state index >= 15 is 0 Å². The lowest BCUT2D eigenvalue weighted by molar-refractivity contribution is -0.161. The predicted octanol–water partition coefficient (Wildman–Crippen LogP) is 18.4. The van der Waals surface area contributed by atoms with Crippen molar-refractivity contribution in [2.45, 2.75) is 349 Å². The van der Waals surface area contributed by atoms with E-state index in [1.165, 1.54) is 141 Å². The average Bonchev–Trinajstić information content (AvgIpc) is 3.50. The van der Waals surface area contributed by atoms with Crippen molar-refractivity contribution in [3.8, 4) is 0 Å². The van der Waals surface area contributed by atoms with Gasteiger partial charge < -0.3 is 33.8 Å². The summed E-state index contributed by atoms with van der Waals surface area (Å²) in [7, 11) is -9.89. The first kappa shape index (κ1) is 83.1. The molecule has 0 aromatic heterocycles. The van der Waals surface area contributed by atoms with Crippen LogP contribution in [0, 0.1) is 11.8 Å². The minimum Gasteiger partial charge on any atom is -0.462 e. The van der Waals surface area contributed by atoms with Crippen LogP contribution >= 0.6 is 15.6 Å². The van der Waals surface area contributed by atoms with Crippen molar-refractivity contribution in [2.24, 2.45) is 11.8 Å². The molecule has 0 saturated carbocycles. The van der Waals surface area contributed by atoms with Gasteiger partial charge in [0, 0.05) is 25.7 Å². The van der Waals surface area contributed by atoms with Crippen molar-refractivity contribution in [1.29, 1.82) is 0 Å². The van der Waals surface area contributed by atoms with Gasteiger partial charge in [0.2, 0.25) is 0 Å². The second-order valence-corrected chi connectivity index (χ2v) is 27.7. The summed E-state index contributed by atoms with van der Waals surface area (Å²) in [5.41, 5.74) is 0. The fourth-order valence-corrected chi connectivity index (χ4v) is 11.5. The van der Waals surface area contributed by atoms with Gasteiger partial charge in [-0.15, -0.1) is 0 Å². The van der Waals surface area contributed by atoms with Crippen LogP contribution < -0.4 is 0 Å². The summed E-state index contributed by atoms with van der Waals surface area (Å²) in [4.78, 5) is 72.2. The molecule has 19 heteroatoms. The topological polar surface area (TPSA) is 237 Å². The zero-order valence-electron chi connectivity index (χ0n) is 54.9. The Morgan fingerprint density at radius 3 is 0.800 bits per heavy atom. The Kier molecular flexibility index (Phi) is 57.1. The molecule has 0 spiro atoms. The first-order valence-electron chi connectivity index (χ1n) is 34.5. The molecule has 17 nitrogen and oxygen atoms in total. The molecule has 0 rings (SSSR count). The van der Waals surface area contributed by atoms with Gasteiger partial charge in [0.05, 0.1) is 26.4 Å². The molecule has 0 radical (unpaired) electrons. The Balaban J connectivity index is 5.22. The van der Waals surface area contributed by atoms with Crippen molar-refractivity contribution in [3.63, 3.8) is 0 Å². The number of unbranched alkanes of at least 4 members (excludes halogenated alkanes) is 35. The van der Waals surface area contributed by atoms with Gasteiger partial charge in [-0.2, -0.15) is 0 Å². The minimum atomic E-state index is -4.95. The lowest BCUT2D eigenvalue weighted by Gasteiger charge is -2.21. The molecule has 0 aliphatic rings. The first-order chi connectivity index (χ1) is 40.9. The largest absolute Gasteiger partial charge is 0.472 e. The SMILES string of the molecule is CCCCCCCCCCCCC(=O)O[C@H](COC(=O)CCCCCCCCCC)COP(=O)(O)OC[C@H](O)COP(=O)(O)OC[C@@H](COC(=O)CCCCCCCCCCCC(C)C)OC(=O)CCCCCCCCCCCCCCC(C)C. The molecule has 2 unspecified atom stereocenters. The fourth-order valence-electron chi connectivity index (χ4n) is 9.88. The van der Waals surface area contributed by atoms with Crippen molar-refractivity contribution in [3.05, 3.63) is 0 Å². The maximum atomic E-state index is 13.0. The van der Waals surface area contributed by atoms with Gasteiger partial charge in [0.1, 0.15) is 19.3 Å². The number of rotatable bonds is 65. The number of phosphoric ester groups is 2. The van der Waals surface area contributed by atoms with Crippen LogP contribution in [0.2, 0.25) is 0 Å². The van der Waals surface area contributed by atoms with E-state index in [1.807, 2.05) is 0 Å². The Bertz CT molecular complexity index is 1670. The molecule has 504 valence electrons. The van der Waals surface area contributed by atoms with Crippen LogP contribution in [0.25, 0.3) is 0 Å². The summed E-state index contributed by atoms with van der Waals surface area (Å²) in [5, 5.41) is 10.5. The van der Waals surface area contributed by atoms with Crippen LogP contribution in [-0.2, 0) is 65.4 Å². The van der Waals surface area contributed by atoms with E-state index in [0.29, 0.717) is 25.7 Å². The molecule has 0 heterocycles. The summed E-state index contributed by atoms with van der Waals surface area (Å²) in [6.07, 6.45) is 41.7. The Morgan fingerprint density at radius 2 is 0.541 bits per heavy atom. The van der Waals surface area contributed by atoms with Crippen LogP contribution in [0.4, 0.5) is 0 Å². The monoisotopic (exact) mass is 1250 g/mol. The smallest absolute Gasteiger partial charge is 0.462 e. The third kappa shape index (κ3) is 60.7. The highest BCUT2D eigenvalue weighted by Crippen LogP contribution is 2.45. The molecule has 85 heavy (non-hydrogen) atoms. The van der Waals surface area contributed by atoms with Crippen molar-refractivity contribution in [1.82, 2.24) is 0 Å². The van der Waals surface area contributed by atoms with Gasteiger partial charge in [-0.25, -0.2) is 9.13 Å². The van der Waals surface area contributed by atoms with Crippen LogP contribution in [0.1, 0.15) is 330 Å². The third-order valence-electron chi connectivity index (χ3n) is 15.2. The van der Waals surface area contributed by atoms with Gasteiger partial charge in [-0.3, -0.25) is 37.3 Å². The van der Waals surface area contributed by atoms with Crippen molar-refractivity contribution in [2.75, 3.05) is 39.6 Å². The second-order valence-electron chi connectivity index (χ2n) is 24.8. The summed E-state index contributed by atoms with van der Waals surface area (Å²) in [6, 6.07) is 0. The lowest BCUT2D eigenvalue weighted by Crippen LogP contribution is -2.30. The lowest BCUT2D eigenvalue weighted by atomic mass is 10.0. The highest BCUT2D eigenvalue weighted by atomic mass is 31.2. The molecular weight excluding hydrogens is 1130 g/mol. The summed E-state index contributed by atoms with van der Waals surface area (Å²) < 4.78 is 68.0. The quantitative estimate of drug-likeness (QED) is 0.0222. The van der Waals surface area contributed by atoms with E-state index in [0.717, 1.165) is 108 Å². The van der Waals surface area contributed by atoms with Crippen LogP contribution in [0.3, 0.4) is 0 Å². The molecule has 3 N–H and O–H groups in total. The molecule has 0 bridgehead atoms. The molecule has 0 amide bonds. The van der Waals surface area contributed by atoms with Crippen LogP contribution in [-0.4, -0.2) is 96.7 Å². The number of esters is 4. The molecule has 5 atom stereocenters. The van der Waals surface area contributed by atoms with Crippen LogP contribution in [0.5, 0.6) is 0 Å². The van der Waals surface area contributed by atoms with Gasteiger partial charge in [-0.05, 0) is 37.5 Å². The fraction of sp³-hybridized carbons (Fsp3) is 0.939. The molecule has 0 aromatic carbocycles. The first-order valence-corrected chi connectivity index (χ1v) is 37.5. The number of hydrogen-bond acceptors (Lipinski definition) is 15. The second kappa shape index (κ2) is 58.4. The number of aliphatic hydroxyl groups is 1. The maximum Gasteiger partial charge on any atom is 0.472 e. The third-order valence-corrected chi connectivity index (χ3v) is 17.1. The number of phosphoric acid groups is 2. The Labute approximate surface area is 517 Å². The minimum absolute atomic E-state index is 0.106. The van der Waals surface area contributed by atoms with Crippen molar-refractivity contribution < 1.29 is 80.2 Å². The Hall–Kier alpha value is -1.94. The number of hydrogen-bond donors (Lipinski definition) is 3. The highest BCUT2D eigenvalue weighted by Gasteiger charge is 2.30. The maximum absolute atomic E-state index is 13.0. The normalized spacial score (nSPS) is 14.2.